The zero-order chi connectivity index (χ0) is 52.3. The summed E-state index contributed by atoms with van der Waals surface area (Å²) in [4.78, 5) is 17.6. The molecule has 0 aromatic heterocycles. The van der Waals surface area contributed by atoms with Crippen LogP contribution in [0.15, 0.2) is 185 Å². The van der Waals surface area contributed by atoms with Crippen LogP contribution in [0, 0.1) is 16.9 Å². The molecule has 9 nitrogen and oxygen atoms in total. The molecule has 7 aromatic rings. The van der Waals surface area contributed by atoms with Gasteiger partial charge in [-0.25, -0.2) is 4.99 Å². The van der Waals surface area contributed by atoms with Gasteiger partial charge in [-0.2, -0.15) is 5.26 Å². The highest BCUT2D eigenvalue weighted by Crippen LogP contribution is 2.42. The third-order valence-corrected chi connectivity index (χ3v) is 18.6. The molecule has 0 spiro atoms. The molecule has 390 valence electrons. The molecule has 0 atom stereocenters. The number of aliphatic imine (C=N–C) groups is 1. The van der Waals surface area contributed by atoms with Gasteiger partial charge in [0.15, 0.2) is 6.19 Å². The lowest BCUT2D eigenvalue weighted by molar-refractivity contribution is -0.255. The summed E-state index contributed by atoms with van der Waals surface area (Å²) in [6, 6.07) is 47.5. The van der Waals surface area contributed by atoms with Gasteiger partial charge in [0.1, 0.15) is 27.3 Å². The van der Waals surface area contributed by atoms with Crippen LogP contribution in [-0.4, -0.2) is 51.7 Å². The van der Waals surface area contributed by atoms with Gasteiger partial charge in [0, 0.05) is 90.4 Å². The molecule has 74 heavy (non-hydrogen) atoms. The molecule has 0 saturated carbocycles. The largest absolute Gasteiger partial charge is 1.00 e. The first kappa shape index (κ1) is 65.0. The number of halogens is 6. The minimum atomic E-state index is 0. The number of hydrogen-bond donors (Lipinski definition) is 4. The van der Waals surface area contributed by atoms with Crippen LogP contribution in [0.25, 0.3) is 0 Å². The summed E-state index contributed by atoms with van der Waals surface area (Å²) in [5, 5.41) is 19.9. The molecular weight excluding hydrogens is 1190 g/mol. The number of nitrogens with zero attached hydrogens (tertiary/aromatic N) is 5. The molecule has 0 saturated heterocycles. The minimum absolute atomic E-state index is 0. The van der Waals surface area contributed by atoms with Crippen molar-refractivity contribution in [2.24, 2.45) is 10.7 Å². The summed E-state index contributed by atoms with van der Waals surface area (Å²) in [5.41, 5.74) is 20.2. The van der Waals surface area contributed by atoms with Gasteiger partial charge in [-0.15, -0.1) is 35.3 Å². The number of benzene rings is 7. The predicted molar refractivity (Wildman–Crippen MR) is 323 cm³/mol. The number of hydrogen-bond acceptors (Lipinski definition) is 11. The van der Waals surface area contributed by atoms with Crippen molar-refractivity contribution in [3.05, 3.63) is 171 Å². The van der Waals surface area contributed by atoms with Crippen molar-refractivity contribution in [3.8, 4) is 6.19 Å². The van der Waals surface area contributed by atoms with Gasteiger partial charge < -0.3 is 51.8 Å². The van der Waals surface area contributed by atoms with Crippen LogP contribution in [0.1, 0.15) is 5.56 Å². The normalized spacial score (nSPS) is 10.6. The van der Waals surface area contributed by atoms with Gasteiger partial charge in [0.2, 0.25) is 5.96 Å². The molecular formula is C52H53Cl6N9S7. The number of nitrogens with two attached hydrogens (primary N) is 1. The van der Waals surface area contributed by atoms with Crippen molar-refractivity contribution >= 4 is 171 Å². The summed E-state index contributed by atoms with van der Waals surface area (Å²) in [6.45, 7) is 0. The smallest absolute Gasteiger partial charge is 0.200 e. The van der Waals surface area contributed by atoms with Crippen molar-refractivity contribution in [2.75, 3.05) is 54.6 Å². The maximum Gasteiger partial charge on any atom is 0.200 e. The summed E-state index contributed by atoms with van der Waals surface area (Å²) in [7, 11) is 12.1. The Bertz CT molecular complexity index is 2990. The van der Waals surface area contributed by atoms with E-state index in [0.717, 1.165) is 63.4 Å². The second-order valence-corrected chi connectivity index (χ2v) is 24.0. The Hall–Kier alpha value is -3.32. The average molecular weight is 1240 g/mol. The molecule has 0 amide bonds. The topological polar surface area (TPSA) is 151 Å². The molecule has 0 radical (unpaired) electrons. The van der Waals surface area contributed by atoms with E-state index >= 15 is 0 Å². The zero-order valence-electron chi connectivity index (χ0n) is 40.9. The molecule has 0 aliphatic carbocycles. The Labute approximate surface area is 496 Å². The van der Waals surface area contributed by atoms with E-state index in [0.29, 0.717) is 44.0 Å². The Kier molecular flexibility index (Phi) is 29.0. The lowest BCUT2D eigenvalue weighted by atomic mass is 10.1. The Morgan fingerprint density at radius 3 is 1.38 bits per heavy atom. The molecule has 0 unspecified atom stereocenters. The number of anilines is 3. The summed E-state index contributed by atoms with van der Waals surface area (Å²) in [6.07, 6.45) is 8.58. The van der Waals surface area contributed by atoms with E-state index in [2.05, 4.69) is 46.9 Å². The highest BCUT2D eigenvalue weighted by Gasteiger charge is 2.14. The number of rotatable bonds is 15. The number of thioether (sulfide) groups is 3. The van der Waals surface area contributed by atoms with Gasteiger partial charge in [0.05, 0.1) is 16.4 Å². The third-order valence-electron chi connectivity index (χ3n) is 10.3. The Balaban J connectivity index is 0.000000368. The van der Waals surface area contributed by atoms with E-state index < -0.39 is 0 Å². The molecule has 0 heterocycles. The molecule has 0 aliphatic rings. The van der Waals surface area contributed by atoms with Crippen LogP contribution >= 0.6 is 125 Å². The molecule has 7 aromatic carbocycles. The van der Waals surface area contributed by atoms with Crippen molar-refractivity contribution in [3.63, 3.8) is 0 Å². The fourth-order valence-corrected chi connectivity index (χ4v) is 12.0. The van der Waals surface area contributed by atoms with Gasteiger partial charge >= 0.3 is 0 Å². The van der Waals surface area contributed by atoms with E-state index in [9.17, 15) is 0 Å². The summed E-state index contributed by atoms with van der Waals surface area (Å²) in [5.74, 6) is 0.813. The van der Waals surface area contributed by atoms with E-state index in [1.165, 1.54) is 4.90 Å². The van der Waals surface area contributed by atoms with Crippen LogP contribution in [0.4, 0.5) is 34.1 Å². The molecule has 0 bridgehead atoms. The minimum Gasteiger partial charge on any atom is -1.00 e. The Morgan fingerprint density at radius 2 is 0.932 bits per heavy atom. The molecule has 22 heteroatoms. The highest BCUT2D eigenvalue weighted by atomic mass is 35.5. The fraction of sp³-hybridized carbons (Fsp3) is 0.135. The van der Waals surface area contributed by atoms with Crippen LogP contribution in [-0.2, 0) is 6.42 Å². The van der Waals surface area contributed by atoms with E-state index in [4.69, 9.17) is 62.8 Å². The first-order chi connectivity index (χ1) is 34.5. The van der Waals surface area contributed by atoms with Crippen molar-refractivity contribution in [2.45, 2.75) is 40.7 Å². The van der Waals surface area contributed by atoms with Crippen molar-refractivity contribution < 1.29 is 36.3 Å². The maximum absolute atomic E-state index is 8.71. The van der Waals surface area contributed by atoms with Crippen LogP contribution in [0.3, 0.4) is 0 Å². The van der Waals surface area contributed by atoms with Gasteiger partial charge in [-0.3, -0.25) is 10.3 Å². The van der Waals surface area contributed by atoms with Crippen LogP contribution < -0.4 is 56.7 Å². The number of guanidine groups is 1. The lowest BCUT2D eigenvalue weighted by Gasteiger charge is -2.21. The van der Waals surface area contributed by atoms with E-state index in [1.807, 2.05) is 164 Å². The average Bonchev–Trinajstić information content (AvgIpc) is 3.40. The number of quaternary nitrogens is 2. The van der Waals surface area contributed by atoms with Crippen LogP contribution in [0.5, 0.6) is 0 Å². The van der Waals surface area contributed by atoms with E-state index in [1.54, 1.807) is 90.4 Å². The van der Waals surface area contributed by atoms with Gasteiger partial charge in [-0.05, 0) is 140 Å². The third kappa shape index (κ3) is 20.2. The predicted octanol–water partition coefficient (Wildman–Crippen LogP) is 9.85. The monoisotopic (exact) mass is 1240 g/mol. The second kappa shape index (κ2) is 33.1. The first-order valence-electron chi connectivity index (χ1n) is 21.5. The van der Waals surface area contributed by atoms with Gasteiger partial charge in [0.25, 0.3) is 0 Å². The second-order valence-electron chi connectivity index (χ2n) is 15.2. The first-order valence-corrected chi connectivity index (χ1v) is 31.0. The molecule has 0 aliphatic heterocycles. The van der Waals surface area contributed by atoms with E-state index in [-0.39, 0.29) is 24.8 Å². The molecule has 0 fully saturated rings. The van der Waals surface area contributed by atoms with Crippen molar-refractivity contribution in [1.29, 1.82) is 10.7 Å². The number of amidine groups is 1. The molecule has 9 N–H and O–H groups in total. The van der Waals surface area contributed by atoms with Crippen molar-refractivity contribution in [1.82, 2.24) is 0 Å². The summed E-state index contributed by atoms with van der Waals surface area (Å²) < 4.78 is 0. The quantitative estimate of drug-likeness (QED) is 0.0193. The lowest BCUT2D eigenvalue weighted by Crippen LogP contribution is -3.00. The standard InChI is InChI=1S/C31H31Cl2N5S4.C12H10Cl2N2S2.C9H10N2S.2ClH/c1-37(21-7-5-9-23(17-21)39-3)30(34)16-20-15-25(11-13-27(20)32)41-42-26-12-14-28(33)29(19-26)36-31(35)38(2)22-8-6-10-24(18-22)40-4;13-9-3-1-7(5-11(9)15)17-18-8-2-4-10(14)12(16)6-8;1-11(7-10)8-4-3-5-9(6-8)12-2;;/h5-15,17-19,34H,16H2,1-4H3,(H2,35,36);1-6H,15-16H2;3-6H,1-2H3;2*1H. The molecule has 7 rings (SSSR count). The number of nitrogens with one attached hydrogen (secondary N) is 1. The number of likely N-dealkylation sites (N-methyl/N-ethyl adjacent to an activating group) is 1. The zero-order valence-corrected chi connectivity index (χ0v) is 51.2. The fourth-order valence-electron chi connectivity index (χ4n) is 6.07. The SMILES string of the molecule is CSc1cccc(N(C)C#N)c1.CSc1cccc(N(C)C(=N)Cc2cc(SSc3ccc(Cl)c(N=C(N)N(C)c4cccc(SC)c4)c3)ccc2Cl)c1.[Cl-].[Cl-].[NH3+]c1cc(SSc2ccc(Cl)c([NH3+])c2)ccc1Cl. The Morgan fingerprint density at radius 1 is 0.541 bits per heavy atom. The van der Waals surface area contributed by atoms with Crippen LogP contribution in [0.2, 0.25) is 20.1 Å². The maximum atomic E-state index is 8.71. The van der Waals surface area contributed by atoms with Gasteiger partial charge in [-0.1, -0.05) is 108 Å². The summed E-state index contributed by atoms with van der Waals surface area (Å²) >= 11 is 29.9. The highest BCUT2D eigenvalue weighted by molar-refractivity contribution is 8.77. The number of nitriles is 1.